The molecule has 20 heavy (non-hydrogen) atoms. The molecule has 0 saturated carbocycles. The molecule has 110 valence electrons. The molecule has 0 atom stereocenters. The minimum absolute atomic E-state index is 0.0449. The number of hydrogen-bond acceptors (Lipinski definition) is 3. The summed E-state index contributed by atoms with van der Waals surface area (Å²) >= 11 is 1.97. The Labute approximate surface area is 131 Å². The molecule has 1 aromatic carbocycles. The Morgan fingerprint density at radius 1 is 1.30 bits per heavy atom. The van der Waals surface area contributed by atoms with Crippen LogP contribution in [0.1, 0.15) is 37.6 Å². The maximum atomic E-state index is 12.5. The molecule has 1 amide bonds. The van der Waals surface area contributed by atoms with Crippen LogP contribution in [-0.2, 0) is 4.79 Å². The Morgan fingerprint density at radius 3 is 2.35 bits per heavy atom. The van der Waals surface area contributed by atoms with E-state index in [9.17, 15) is 14.7 Å². The van der Waals surface area contributed by atoms with Crippen molar-refractivity contribution in [2.75, 3.05) is 6.54 Å². The Balaban J connectivity index is 3.03. The van der Waals surface area contributed by atoms with E-state index in [1.807, 2.05) is 43.4 Å². The third kappa shape index (κ3) is 4.36. The molecular formula is C14H18INO4. The van der Waals surface area contributed by atoms with Gasteiger partial charge in [-0.1, -0.05) is 0 Å². The van der Waals surface area contributed by atoms with Crippen molar-refractivity contribution in [2.24, 2.45) is 0 Å². The fourth-order valence-corrected chi connectivity index (χ4v) is 2.09. The molecular weight excluding hydrogens is 373 g/mol. The summed E-state index contributed by atoms with van der Waals surface area (Å²) in [5, 5.41) is 18.5. The van der Waals surface area contributed by atoms with E-state index in [1.165, 1.54) is 11.0 Å². The first-order valence-corrected chi connectivity index (χ1v) is 7.23. The summed E-state index contributed by atoms with van der Waals surface area (Å²) < 4.78 is 0.659. The molecule has 0 saturated heterocycles. The van der Waals surface area contributed by atoms with Gasteiger partial charge < -0.3 is 15.1 Å². The second kappa shape index (κ2) is 6.43. The smallest absolute Gasteiger partial charge is 0.305 e. The number of hydrogen-bond donors (Lipinski definition) is 2. The zero-order chi connectivity index (χ0) is 15.5. The average Bonchev–Trinajstić information content (AvgIpc) is 2.30. The first kappa shape index (κ1) is 16.7. The van der Waals surface area contributed by atoms with Gasteiger partial charge in [-0.25, -0.2) is 0 Å². The Bertz CT molecular complexity index is 522. The van der Waals surface area contributed by atoms with Gasteiger partial charge in [0.15, 0.2) is 0 Å². The summed E-state index contributed by atoms with van der Waals surface area (Å²) in [5.41, 5.74) is -0.145. The molecule has 0 spiro atoms. The van der Waals surface area contributed by atoms with Crippen LogP contribution in [0.5, 0.6) is 5.75 Å². The monoisotopic (exact) mass is 391 g/mol. The van der Waals surface area contributed by atoms with E-state index in [1.54, 1.807) is 12.1 Å². The van der Waals surface area contributed by atoms with E-state index in [0.717, 1.165) is 0 Å². The first-order valence-electron chi connectivity index (χ1n) is 6.15. The van der Waals surface area contributed by atoms with Crippen molar-refractivity contribution in [3.63, 3.8) is 0 Å². The van der Waals surface area contributed by atoms with E-state index in [2.05, 4.69) is 0 Å². The Hall–Kier alpha value is -1.31. The maximum Gasteiger partial charge on any atom is 0.305 e. The highest BCUT2D eigenvalue weighted by Gasteiger charge is 2.28. The molecule has 0 heterocycles. The number of phenols is 1. The number of carbonyl (C=O) groups excluding carboxylic acids is 1. The predicted molar refractivity (Wildman–Crippen MR) is 83.9 cm³/mol. The van der Waals surface area contributed by atoms with Crippen LogP contribution in [0.25, 0.3) is 0 Å². The lowest BCUT2D eigenvalue weighted by Crippen LogP contribution is -2.46. The van der Waals surface area contributed by atoms with E-state index >= 15 is 0 Å². The predicted octanol–water partition coefficient (Wildman–Crippen LogP) is 2.71. The van der Waals surface area contributed by atoms with Crippen LogP contribution in [0.2, 0.25) is 0 Å². The first-order chi connectivity index (χ1) is 9.12. The van der Waals surface area contributed by atoms with Gasteiger partial charge in [-0.2, -0.15) is 0 Å². The summed E-state index contributed by atoms with van der Waals surface area (Å²) in [5.74, 6) is -1.19. The molecule has 0 unspecified atom stereocenters. The number of carboxylic acid groups (broad SMARTS) is 1. The largest absolute Gasteiger partial charge is 0.507 e. The lowest BCUT2D eigenvalue weighted by Gasteiger charge is -2.35. The zero-order valence-corrected chi connectivity index (χ0v) is 13.8. The van der Waals surface area contributed by atoms with Gasteiger partial charge in [0.2, 0.25) is 0 Å². The molecule has 0 radical (unpaired) electrons. The fourth-order valence-electron chi connectivity index (χ4n) is 1.75. The molecule has 5 nitrogen and oxygen atoms in total. The lowest BCUT2D eigenvalue weighted by molar-refractivity contribution is -0.137. The van der Waals surface area contributed by atoms with Gasteiger partial charge in [0.05, 0.1) is 9.99 Å². The van der Waals surface area contributed by atoms with Crippen molar-refractivity contribution in [1.29, 1.82) is 0 Å². The molecule has 6 heteroatoms. The van der Waals surface area contributed by atoms with Crippen molar-refractivity contribution in [2.45, 2.75) is 32.7 Å². The standard InChI is InChI=1S/C14H18INO4/c1-14(2,3)16(7-6-12(18)19)13(20)9-4-5-10(15)11(17)8-9/h4-5,8,17H,6-7H2,1-3H3,(H,18,19). The highest BCUT2D eigenvalue weighted by molar-refractivity contribution is 14.1. The minimum Gasteiger partial charge on any atom is -0.507 e. The molecule has 0 bridgehead atoms. The number of aromatic hydroxyl groups is 1. The van der Waals surface area contributed by atoms with Crippen LogP contribution in [0, 0.1) is 3.57 Å². The van der Waals surface area contributed by atoms with Crippen molar-refractivity contribution >= 4 is 34.5 Å². The fraction of sp³-hybridized carbons (Fsp3) is 0.429. The number of amides is 1. The number of aliphatic carboxylic acids is 1. The molecule has 0 fully saturated rings. The van der Waals surface area contributed by atoms with Crippen LogP contribution < -0.4 is 0 Å². The zero-order valence-electron chi connectivity index (χ0n) is 11.7. The summed E-state index contributed by atoms with van der Waals surface area (Å²) in [4.78, 5) is 24.7. The number of halogens is 1. The summed E-state index contributed by atoms with van der Waals surface area (Å²) in [6.07, 6.45) is -0.112. The third-order valence-electron chi connectivity index (χ3n) is 2.80. The van der Waals surface area contributed by atoms with Gasteiger partial charge in [-0.15, -0.1) is 0 Å². The van der Waals surface area contributed by atoms with Gasteiger partial charge in [0, 0.05) is 17.6 Å². The van der Waals surface area contributed by atoms with Crippen molar-refractivity contribution in [3.8, 4) is 5.75 Å². The normalized spacial score (nSPS) is 11.2. The molecule has 0 aliphatic heterocycles. The number of benzene rings is 1. The second-order valence-corrected chi connectivity index (χ2v) is 6.60. The number of nitrogens with zero attached hydrogens (tertiary/aromatic N) is 1. The van der Waals surface area contributed by atoms with Gasteiger partial charge in [0.25, 0.3) is 5.91 Å². The van der Waals surface area contributed by atoms with Gasteiger partial charge in [0.1, 0.15) is 5.75 Å². The van der Waals surface area contributed by atoms with Crippen LogP contribution in [-0.4, -0.2) is 39.1 Å². The number of carboxylic acids is 1. The minimum atomic E-state index is -0.947. The lowest BCUT2D eigenvalue weighted by atomic mass is 10.0. The number of carbonyl (C=O) groups is 2. The van der Waals surface area contributed by atoms with E-state index in [-0.39, 0.29) is 24.6 Å². The Kier molecular flexibility index (Phi) is 5.38. The summed E-state index contributed by atoms with van der Waals surface area (Å²) in [6, 6.07) is 4.69. The number of phenolic OH excluding ortho intramolecular Hbond substituents is 1. The van der Waals surface area contributed by atoms with Gasteiger partial charge >= 0.3 is 5.97 Å². The van der Waals surface area contributed by atoms with E-state index in [0.29, 0.717) is 9.13 Å². The molecule has 2 N–H and O–H groups in total. The van der Waals surface area contributed by atoms with E-state index < -0.39 is 11.5 Å². The molecule has 1 aromatic rings. The van der Waals surface area contributed by atoms with Crippen LogP contribution >= 0.6 is 22.6 Å². The van der Waals surface area contributed by atoms with Crippen LogP contribution in [0.15, 0.2) is 18.2 Å². The van der Waals surface area contributed by atoms with Crippen molar-refractivity contribution in [1.82, 2.24) is 4.90 Å². The quantitative estimate of drug-likeness (QED) is 0.774. The molecule has 0 aliphatic carbocycles. The Morgan fingerprint density at radius 2 is 1.90 bits per heavy atom. The molecule has 0 aliphatic rings. The van der Waals surface area contributed by atoms with Crippen LogP contribution in [0.4, 0.5) is 0 Å². The third-order valence-corrected chi connectivity index (χ3v) is 3.71. The van der Waals surface area contributed by atoms with Crippen molar-refractivity contribution in [3.05, 3.63) is 27.3 Å². The van der Waals surface area contributed by atoms with Crippen LogP contribution in [0.3, 0.4) is 0 Å². The average molecular weight is 391 g/mol. The molecule has 0 aromatic heterocycles. The second-order valence-electron chi connectivity index (χ2n) is 5.44. The van der Waals surface area contributed by atoms with Gasteiger partial charge in [-0.05, 0) is 61.6 Å². The SMILES string of the molecule is CC(C)(C)N(CCC(=O)O)C(=O)c1ccc(I)c(O)c1. The summed E-state index contributed by atoms with van der Waals surface area (Å²) in [7, 11) is 0. The van der Waals surface area contributed by atoms with E-state index in [4.69, 9.17) is 5.11 Å². The van der Waals surface area contributed by atoms with Crippen molar-refractivity contribution < 1.29 is 19.8 Å². The number of rotatable bonds is 4. The summed E-state index contributed by atoms with van der Waals surface area (Å²) in [6.45, 7) is 5.67. The maximum absolute atomic E-state index is 12.5. The van der Waals surface area contributed by atoms with Gasteiger partial charge in [-0.3, -0.25) is 9.59 Å². The molecule has 1 rings (SSSR count). The highest BCUT2D eigenvalue weighted by atomic mass is 127. The topological polar surface area (TPSA) is 77.8 Å². The highest BCUT2D eigenvalue weighted by Crippen LogP contribution is 2.24.